The molecule has 1 N–H and O–H groups in total. The predicted molar refractivity (Wildman–Crippen MR) is 126 cm³/mol. The molecule has 1 aromatic heterocycles. The minimum Gasteiger partial charge on any atom is -0.455 e. The van der Waals surface area contributed by atoms with Gasteiger partial charge in [0.1, 0.15) is 11.1 Å². The number of hydrogen-bond acceptors (Lipinski definition) is 6. The molecule has 172 valence electrons. The predicted octanol–water partition coefficient (Wildman–Crippen LogP) is 3.99. The Kier molecular flexibility index (Phi) is 7.09. The molecule has 33 heavy (non-hydrogen) atoms. The fraction of sp³-hybridized carbons (Fsp3) is 0.440. The number of nitriles is 1. The molecule has 0 spiro atoms. The molecule has 1 aromatic carbocycles. The Labute approximate surface area is 197 Å². The van der Waals surface area contributed by atoms with Crippen LogP contribution in [0.15, 0.2) is 24.3 Å². The number of fused-ring (bicyclic) bond motifs is 1. The second-order valence-electron chi connectivity index (χ2n) is 8.50. The summed E-state index contributed by atoms with van der Waals surface area (Å²) in [6.07, 6.45) is 6.13. The zero-order valence-corrected chi connectivity index (χ0v) is 19.5. The van der Waals surface area contributed by atoms with Crippen LogP contribution in [-0.4, -0.2) is 30.9 Å². The monoisotopic (exact) mass is 465 g/mol. The number of amides is 2. The van der Waals surface area contributed by atoms with Gasteiger partial charge in [-0.15, -0.1) is 11.3 Å². The number of rotatable bonds is 8. The van der Waals surface area contributed by atoms with Gasteiger partial charge in [0.2, 0.25) is 5.91 Å². The summed E-state index contributed by atoms with van der Waals surface area (Å²) in [5.74, 6) is -1.78. The van der Waals surface area contributed by atoms with E-state index in [1.807, 2.05) is 24.3 Å². The van der Waals surface area contributed by atoms with Crippen LogP contribution >= 0.6 is 11.3 Å². The molecule has 1 atom stereocenters. The van der Waals surface area contributed by atoms with Crippen molar-refractivity contribution in [1.82, 2.24) is 0 Å². The Balaban J connectivity index is 1.29. The highest BCUT2D eigenvalue weighted by molar-refractivity contribution is 7.16. The number of carbonyl (C=O) groups is 3. The molecule has 1 unspecified atom stereocenters. The minimum absolute atomic E-state index is 0.0638. The molecule has 2 heterocycles. The number of hydrogen-bond donors (Lipinski definition) is 1. The summed E-state index contributed by atoms with van der Waals surface area (Å²) in [6.45, 7) is 1.95. The molecule has 8 heteroatoms. The first-order chi connectivity index (χ1) is 16.0. The van der Waals surface area contributed by atoms with E-state index in [1.54, 1.807) is 4.90 Å². The first-order valence-corrected chi connectivity index (χ1v) is 12.2. The Morgan fingerprint density at radius 2 is 2.06 bits per heavy atom. The fourth-order valence-electron chi connectivity index (χ4n) is 4.37. The first-order valence-electron chi connectivity index (χ1n) is 11.4. The van der Waals surface area contributed by atoms with Crippen molar-refractivity contribution in [3.63, 3.8) is 0 Å². The quantitative estimate of drug-likeness (QED) is 0.595. The van der Waals surface area contributed by atoms with Gasteiger partial charge in [-0.05, 0) is 55.4 Å². The number of aryl methyl sites for hydroxylation is 2. The van der Waals surface area contributed by atoms with Gasteiger partial charge in [0.05, 0.1) is 11.5 Å². The van der Waals surface area contributed by atoms with Crippen LogP contribution in [0.1, 0.15) is 54.2 Å². The lowest BCUT2D eigenvalue weighted by atomic mass is 10.1. The van der Waals surface area contributed by atoms with Crippen molar-refractivity contribution in [2.24, 2.45) is 5.92 Å². The van der Waals surface area contributed by atoms with Crippen molar-refractivity contribution in [2.75, 3.05) is 23.4 Å². The molecule has 4 rings (SSSR count). The molecular formula is C25H27N3O4S. The summed E-state index contributed by atoms with van der Waals surface area (Å²) in [5.41, 5.74) is 3.54. The van der Waals surface area contributed by atoms with Crippen molar-refractivity contribution in [3.05, 3.63) is 45.8 Å². The second kappa shape index (κ2) is 10.2. The van der Waals surface area contributed by atoms with Crippen molar-refractivity contribution in [1.29, 1.82) is 5.26 Å². The lowest BCUT2D eigenvalue weighted by Gasteiger charge is -2.17. The van der Waals surface area contributed by atoms with Gasteiger partial charge >= 0.3 is 5.97 Å². The van der Waals surface area contributed by atoms with E-state index >= 15 is 0 Å². The van der Waals surface area contributed by atoms with E-state index in [-0.39, 0.29) is 18.9 Å². The average Bonchev–Trinajstić information content (AvgIpc) is 3.51. The highest BCUT2D eigenvalue weighted by Gasteiger charge is 2.36. The molecule has 2 aliphatic rings. The average molecular weight is 466 g/mol. The number of thiophene rings is 1. The van der Waals surface area contributed by atoms with Crippen LogP contribution in [0, 0.1) is 17.2 Å². The molecule has 2 aromatic rings. The molecular weight excluding hydrogens is 438 g/mol. The molecule has 0 saturated carbocycles. The Bertz CT molecular complexity index is 1100. The number of esters is 1. The van der Waals surface area contributed by atoms with Gasteiger partial charge in [-0.1, -0.05) is 25.5 Å². The van der Waals surface area contributed by atoms with Gasteiger partial charge in [-0.25, -0.2) is 0 Å². The van der Waals surface area contributed by atoms with Crippen LogP contribution in [0.4, 0.5) is 10.7 Å². The van der Waals surface area contributed by atoms with E-state index in [9.17, 15) is 19.6 Å². The highest BCUT2D eigenvalue weighted by Crippen LogP contribution is 2.38. The third-order valence-electron chi connectivity index (χ3n) is 6.16. The van der Waals surface area contributed by atoms with Crippen LogP contribution in [0.25, 0.3) is 0 Å². The molecule has 1 aliphatic heterocycles. The fourth-order valence-corrected chi connectivity index (χ4v) is 5.62. The van der Waals surface area contributed by atoms with Crippen molar-refractivity contribution in [2.45, 2.75) is 51.9 Å². The second-order valence-corrected chi connectivity index (χ2v) is 9.61. The molecule has 1 saturated heterocycles. The van der Waals surface area contributed by atoms with Crippen LogP contribution in [0.2, 0.25) is 0 Å². The number of benzene rings is 1. The maximum atomic E-state index is 12.5. The van der Waals surface area contributed by atoms with E-state index < -0.39 is 24.4 Å². The number of unbranched alkanes of at least 4 members (excludes halogenated alkanes) is 1. The van der Waals surface area contributed by atoms with Gasteiger partial charge in [-0.2, -0.15) is 5.26 Å². The molecule has 1 fully saturated rings. The van der Waals surface area contributed by atoms with Crippen molar-refractivity contribution < 1.29 is 19.1 Å². The van der Waals surface area contributed by atoms with Gasteiger partial charge in [0, 0.05) is 23.5 Å². The maximum Gasteiger partial charge on any atom is 0.311 e. The normalized spacial score (nSPS) is 17.0. The number of carbonyl (C=O) groups excluding carboxylic acids is 3. The summed E-state index contributed by atoms with van der Waals surface area (Å²) in [5, 5.41) is 12.7. The Morgan fingerprint density at radius 3 is 2.79 bits per heavy atom. The topological polar surface area (TPSA) is 99.5 Å². The molecule has 1 aliphatic carbocycles. The number of anilines is 2. The molecule has 2 amide bonds. The molecule has 0 bridgehead atoms. The standard InChI is InChI=1S/C25H27N3O4S/c1-2-3-5-16-8-10-18(11-9-16)28-14-17(12-23(28)30)25(31)32-15-22(29)27-24-20(13-26)19-6-4-7-21(19)33-24/h8-11,17H,2-7,12,14-15H2,1H3,(H,27,29). The van der Waals surface area contributed by atoms with Crippen molar-refractivity contribution >= 4 is 39.8 Å². The Morgan fingerprint density at radius 1 is 1.27 bits per heavy atom. The minimum atomic E-state index is -0.606. The van der Waals surface area contributed by atoms with Crippen LogP contribution < -0.4 is 10.2 Å². The van der Waals surface area contributed by atoms with E-state index in [0.717, 1.165) is 54.7 Å². The van der Waals surface area contributed by atoms with Gasteiger partial charge < -0.3 is 15.0 Å². The zero-order valence-electron chi connectivity index (χ0n) is 18.7. The molecule has 7 nitrogen and oxygen atoms in total. The SMILES string of the molecule is CCCCc1ccc(N2CC(C(=O)OCC(=O)Nc3sc4c(c3C#N)CCC4)CC2=O)cc1. The number of ether oxygens (including phenoxy) is 1. The van der Waals surface area contributed by atoms with Gasteiger partial charge in [-0.3, -0.25) is 14.4 Å². The zero-order chi connectivity index (χ0) is 23.4. The largest absolute Gasteiger partial charge is 0.455 e. The van der Waals surface area contributed by atoms with Gasteiger partial charge in [0.15, 0.2) is 6.61 Å². The lowest BCUT2D eigenvalue weighted by Crippen LogP contribution is -2.28. The van der Waals surface area contributed by atoms with Crippen LogP contribution in [0.5, 0.6) is 0 Å². The van der Waals surface area contributed by atoms with Crippen LogP contribution in [-0.2, 0) is 38.4 Å². The van der Waals surface area contributed by atoms with E-state index in [2.05, 4.69) is 18.3 Å². The summed E-state index contributed by atoms with van der Waals surface area (Å²) >= 11 is 1.42. The Hall–Kier alpha value is -3.18. The van der Waals surface area contributed by atoms with E-state index in [4.69, 9.17) is 4.74 Å². The summed E-state index contributed by atoms with van der Waals surface area (Å²) in [4.78, 5) is 40.0. The summed E-state index contributed by atoms with van der Waals surface area (Å²) in [6, 6.07) is 10.0. The van der Waals surface area contributed by atoms with Crippen molar-refractivity contribution in [3.8, 4) is 6.07 Å². The van der Waals surface area contributed by atoms with E-state index in [1.165, 1.54) is 16.9 Å². The number of nitrogens with one attached hydrogen (secondary N) is 1. The van der Waals surface area contributed by atoms with Crippen LogP contribution in [0.3, 0.4) is 0 Å². The summed E-state index contributed by atoms with van der Waals surface area (Å²) in [7, 11) is 0. The highest BCUT2D eigenvalue weighted by atomic mass is 32.1. The first kappa shape index (κ1) is 23.0. The maximum absolute atomic E-state index is 12.5. The number of nitrogens with zero attached hydrogens (tertiary/aromatic N) is 2. The van der Waals surface area contributed by atoms with Gasteiger partial charge in [0.25, 0.3) is 5.91 Å². The smallest absolute Gasteiger partial charge is 0.311 e. The third kappa shape index (κ3) is 5.09. The molecule has 0 radical (unpaired) electrons. The van der Waals surface area contributed by atoms with E-state index in [0.29, 0.717) is 10.6 Å². The lowest BCUT2D eigenvalue weighted by molar-refractivity contribution is -0.151. The summed E-state index contributed by atoms with van der Waals surface area (Å²) < 4.78 is 5.20. The third-order valence-corrected chi connectivity index (χ3v) is 7.36.